The monoisotopic (exact) mass is 325 g/mol. The van der Waals surface area contributed by atoms with Crippen molar-refractivity contribution >= 4 is 40.0 Å². The van der Waals surface area contributed by atoms with E-state index in [0.717, 1.165) is 0 Å². The molecule has 1 aromatic carbocycles. The average molecular weight is 327 g/mol. The van der Waals surface area contributed by atoms with Gasteiger partial charge in [-0.2, -0.15) is 8.78 Å². The van der Waals surface area contributed by atoms with Gasteiger partial charge in [-0.05, 0) is 35.3 Å². The molecule has 0 saturated carbocycles. The molecule has 0 aliphatic rings. The van der Waals surface area contributed by atoms with Gasteiger partial charge in [0.25, 0.3) is 5.24 Å². The molecule has 8 heteroatoms. The van der Waals surface area contributed by atoms with E-state index >= 15 is 0 Å². The van der Waals surface area contributed by atoms with Gasteiger partial charge in [-0.1, -0.05) is 28.9 Å². The van der Waals surface area contributed by atoms with E-state index in [1.54, 1.807) is 0 Å². The van der Waals surface area contributed by atoms with Crippen molar-refractivity contribution in [2.24, 2.45) is 0 Å². The molecular formula is C11H4Cl3F2NO2. The van der Waals surface area contributed by atoms with E-state index in [9.17, 15) is 13.6 Å². The Morgan fingerprint density at radius 2 is 1.84 bits per heavy atom. The van der Waals surface area contributed by atoms with Crippen LogP contribution in [-0.2, 0) is 5.38 Å². The van der Waals surface area contributed by atoms with Crippen LogP contribution >= 0.6 is 34.8 Å². The first kappa shape index (κ1) is 14.2. The highest BCUT2D eigenvalue weighted by Gasteiger charge is 2.40. The Hall–Kier alpha value is -1.17. The van der Waals surface area contributed by atoms with Crippen molar-refractivity contribution in [3.05, 3.63) is 40.6 Å². The standard InChI is InChI=1S/C11H4Cl3F2NO2/c12-6-3-1-5(2-4-6)8-7(10(13)18)9(19-17-8)11(14,15)16/h1-4H. The summed E-state index contributed by atoms with van der Waals surface area (Å²) in [4.78, 5) is 11.3. The molecule has 100 valence electrons. The van der Waals surface area contributed by atoms with E-state index in [1.807, 2.05) is 0 Å². The summed E-state index contributed by atoms with van der Waals surface area (Å²) in [6.07, 6.45) is 0. The first-order valence-corrected chi connectivity index (χ1v) is 5.96. The topological polar surface area (TPSA) is 43.1 Å². The molecule has 0 saturated heterocycles. The van der Waals surface area contributed by atoms with Gasteiger partial charge in [0.15, 0.2) is 0 Å². The average Bonchev–Trinajstić information content (AvgIpc) is 2.74. The maximum Gasteiger partial charge on any atom is 0.383 e. The SMILES string of the molecule is O=C(Cl)c1c(-c2ccc(Cl)cc2)noc1C(F)(F)Cl. The number of hydrogen-bond acceptors (Lipinski definition) is 3. The first-order chi connectivity index (χ1) is 8.80. The number of benzene rings is 1. The molecule has 0 atom stereocenters. The number of rotatable bonds is 3. The molecule has 19 heavy (non-hydrogen) atoms. The zero-order valence-corrected chi connectivity index (χ0v) is 11.2. The molecule has 0 fully saturated rings. The van der Waals surface area contributed by atoms with Gasteiger partial charge in [0.2, 0.25) is 5.76 Å². The van der Waals surface area contributed by atoms with E-state index in [4.69, 9.17) is 34.8 Å². The summed E-state index contributed by atoms with van der Waals surface area (Å²) in [7, 11) is 0. The number of halogens is 5. The van der Waals surface area contributed by atoms with Crippen LogP contribution in [-0.4, -0.2) is 10.4 Å². The van der Waals surface area contributed by atoms with Crippen molar-refractivity contribution in [3.63, 3.8) is 0 Å². The van der Waals surface area contributed by atoms with E-state index < -0.39 is 21.9 Å². The van der Waals surface area contributed by atoms with Crippen molar-refractivity contribution < 1.29 is 18.1 Å². The zero-order valence-electron chi connectivity index (χ0n) is 8.96. The minimum Gasteiger partial charge on any atom is -0.352 e. The molecule has 2 rings (SSSR count). The highest BCUT2D eigenvalue weighted by Crippen LogP contribution is 2.39. The lowest BCUT2D eigenvalue weighted by Crippen LogP contribution is -2.07. The van der Waals surface area contributed by atoms with Crippen LogP contribution in [0.25, 0.3) is 11.3 Å². The van der Waals surface area contributed by atoms with Gasteiger partial charge in [0.05, 0.1) is 0 Å². The second kappa shape index (κ2) is 5.07. The molecule has 0 N–H and O–H groups in total. The Labute approximate surface area is 121 Å². The Bertz CT molecular complexity index is 620. The second-order valence-electron chi connectivity index (χ2n) is 3.51. The molecule has 0 aliphatic carbocycles. The van der Waals surface area contributed by atoms with Gasteiger partial charge >= 0.3 is 5.38 Å². The van der Waals surface area contributed by atoms with Crippen LogP contribution in [0.3, 0.4) is 0 Å². The summed E-state index contributed by atoms with van der Waals surface area (Å²) >= 11 is 15.8. The predicted molar refractivity (Wildman–Crippen MR) is 66.9 cm³/mol. The fourth-order valence-corrected chi connectivity index (χ4v) is 1.90. The van der Waals surface area contributed by atoms with Gasteiger partial charge in [-0.15, -0.1) is 0 Å². The van der Waals surface area contributed by atoms with E-state index in [0.29, 0.717) is 10.6 Å². The lowest BCUT2D eigenvalue weighted by molar-refractivity contribution is 0.0592. The molecule has 0 radical (unpaired) electrons. The van der Waals surface area contributed by atoms with Crippen molar-refractivity contribution in [1.82, 2.24) is 5.16 Å². The lowest BCUT2D eigenvalue weighted by Gasteiger charge is -2.04. The fourth-order valence-electron chi connectivity index (χ4n) is 1.47. The van der Waals surface area contributed by atoms with Gasteiger partial charge < -0.3 is 4.52 Å². The maximum atomic E-state index is 13.1. The number of carbonyl (C=O) groups is 1. The van der Waals surface area contributed by atoms with E-state index in [-0.39, 0.29) is 5.69 Å². The number of alkyl halides is 3. The zero-order chi connectivity index (χ0) is 14.2. The van der Waals surface area contributed by atoms with Gasteiger partial charge in [-0.3, -0.25) is 4.79 Å². The Balaban J connectivity index is 2.62. The van der Waals surface area contributed by atoms with E-state index in [1.165, 1.54) is 24.3 Å². The van der Waals surface area contributed by atoms with E-state index in [2.05, 4.69) is 9.68 Å². The van der Waals surface area contributed by atoms with Gasteiger partial charge in [0, 0.05) is 10.6 Å². The number of hydrogen-bond donors (Lipinski definition) is 0. The van der Waals surface area contributed by atoms with Crippen molar-refractivity contribution in [2.45, 2.75) is 5.38 Å². The summed E-state index contributed by atoms with van der Waals surface area (Å²) < 4.78 is 30.6. The molecule has 0 aliphatic heterocycles. The normalized spacial score (nSPS) is 11.6. The largest absolute Gasteiger partial charge is 0.383 e. The molecular weight excluding hydrogens is 322 g/mol. The van der Waals surface area contributed by atoms with Crippen LogP contribution in [0.2, 0.25) is 5.02 Å². The van der Waals surface area contributed by atoms with Crippen LogP contribution in [0.1, 0.15) is 16.1 Å². The molecule has 0 amide bonds. The maximum absolute atomic E-state index is 13.1. The number of nitrogens with zero attached hydrogens (tertiary/aromatic N) is 1. The summed E-state index contributed by atoms with van der Waals surface area (Å²) in [5, 5.41) is -1.16. The number of carbonyl (C=O) groups excluding carboxylic acids is 1. The highest BCUT2D eigenvalue weighted by molar-refractivity contribution is 6.68. The fraction of sp³-hybridized carbons (Fsp3) is 0.0909. The smallest absolute Gasteiger partial charge is 0.352 e. The third kappa shape index (κ3) is 2.88. The van der Waals surface area contributed by atoms with Crippen LogP contribution < -0.4 is 0 Å². The van der Waals surface area contributed by atoms with Gasteiger partial charge in [0.1, 0.15) is 11.3 Å². The van der Waals surface area contributed by atoms with Crippen molar-refractivity contribution in [2.75, 3.05) is 0 Å². The quantitative estimate of drug-likeness (QED) is 0.608. The van der Waals surface area contributed by atoms with Crippen LogP contribution in [0.4, 0.5) is 8.78 Å². The molecule has 0 spiro atoms. The van der Waals surface area contributed by atoms with Crippen molar-refractivity contribution in [3.8, 4) is 11.3 Å². The summed E-state index contributed by atoms with van der Waals surface area (Å²) in [6.45, 7) is 0. The minimum atomic E-state index is -3.88. The Morgan fingerprint density at radius 1 is 1.26 bits per heavy atom. The Kier molecular flexibility index (Phi) is 3.80. The second-order valence-corrected chi connectivity index (χ2v) is 4.77. The molecule has 3 nitrogen and oxygen atoms in total. The molecule has 1 aromatic heterocycles. The summed E-state index contributed by atoms with van der Waals surface area (Å²) in [5.41, 5.74) is -0.333. The summed E-state index contributed by atoms with van der Waals surface area (Å²) in [6, 6.07) is 5.98. The molecule has 1 heterocycles. The Morgan fingerprint density at radius 3 is 2.32 bits per heavy atom. The van der Waals surface area contributed by atoms with Crippen LogP contribution in [0.5, 0.6) is 0 Å². The lowest BCUT2D eigenvalue weighted by atomic mass is 10.1. The van der Waals surface area contributed by atoms with Crippen LogP contribution in [0, 0.1) is 0 Å². The van der Waals surface area contributed by atoms with Gasteiger partial charge in [-0.25, -0.2) is 0 Å². The van der Waals surface area contributed by atoms with Crippen LogP contribution in [0.15, 0.2) is 28.8 Å². The van der Waals surface area contributed by atoms with Crippen molar-refractivity contribution in [1.29, 1.82) is 0 Å². The third-order valence-electron chi connectivity index (χ3n) is 2.26. The third-order valence-corrected chi connectivity index (χ3v) is 2.88. The molecule has 0 unspecified atom stereocenters. The number of aromatic nitrogens is 1. The predicted octanol–water partition coefficient (Wildman–Crippen LogP) is 4.66. The highest BCUT2D eigenvalue weighted by atomic mass is 35.5. The molecule has 0 bridgehead atoms. The molecule has 2 aromatic rings. The first-order valence-electron chi connectivity index (χ1n) is 4.83. The summed E-state index contributed by atoms with van der Waals surface area (Å²) in [5.74, 6) is -1.08. The minimum absolute atomic E-state index is 0.119.